The van der Waals surface area contributed by atoms with E-state index in [0.29, 0.717) is 36.7 Å². The molecule has 0 bridgehead atoms. The summed E-state index contributed by atoms with van der Waals surface area (Å²) in [5.41, 5.74) is 0.844. The number of nitrogens with one attached hydrogen (secondary N) is 3. The van der Waals surface area contributed by atoms with Gasteiger partial charge in [-0.1, -0.05) is 12.1 Å². The molecule has 0 spiro atoms. The topological polar surface area (TPSA) is 65.5 Å². The van der Waals surface area contributed by atoms with Gasteiger partial charge in [-0.2, -0.15) is 0 Å². The second kappa shape index (κ2) is 9.78. The van der Waals surface area contributed by atoms with Crippen LogP contribution >= 0.6 is 11.3 Å². The van der Waals surface area contributed by atoms with E-state index in [1.807, 2.05) is 24.4 Å². The van der Waals surface area contributed by atoms with E-state index in [1.165, 1.54) is 10.9 Å². The molecule has 0 aliphatic heterocycles. The second-order valence-electron chi connectivity index (χ2n) is 5.42. The van der Waals surface area contributed by atoms with Crippen LogP contribution in [0.2, 0.25) is 0 Å². The van der Waals surface area contributed by atoms with Crippen molar-refractivity contribution in [2.75, 3.05) is 19.6 Å². The van der Waals surface area contributed by atoms with Crippen molar-refractivity contribution in [3.8, 4) is 0 Å². The van der Waals surface area contributed by atoms with E-state index in [9.17, 15) is 9.18 Å². The molecule has 1 amide bonds. The highest BCUT2D eigenvalue weighted by Crippen LogP contribution is 2.09. The Morgan fingerprint density at radius 1 is 1.20 bits per heavy atom. The first-order valence-corrected chi connectivity index (χ1v) is 9.07. The summed E-state index contributed by atoms with van der Waals surface area (Å²) >= 11 is 1.66. The Morgan fingerprint density at radius 3 is 2.68 bits per heavy atom. The van der Waals surface area contributed by atoms with Crippen LogP contribution in [0.15, 0.2) is 40.7 Å². The van der Waals surface area contributed by atoms with E-state index < -0.39 is 0 Å². The summed E-state index contributed by atoms with van der Waals surface area (Å²) in [7, 11) is 0. The largest absolute Gasteiger partial charge is 0.357 e. The molecule has 134 valence electrons. The third-order valence-electron chi connectivity index (χ3n) is 3.45. The second-order valence-corrected chi connectivity index (χ2v) is 6.45. The number of guanidine groups is 1. The van der Waals surface area contributed by atoms with Crippen LogP contribution in [0.1, 0.15) is 27.7 Å². The Labute approximate surface area is 151 Å². The molecular weight excluding hydrogens is 339 g/mol. The van der Waals surface area contributed by atoms with Crippen LogP contribution in [0.4, 0.5) is 4.39 Å². The molecule has 0 aliphatic rings. The Kier molecular flexibility index (Phi) is 7.40. The normalized spacial score (nSPS) is 11.2. The van der Waals surface area contributed by atoms with Crippen LogP contribution in [0.25, 0.3) is 0 Å². The van der Waals surface area contributed by atoms with Gasteiger partial charge in [0.1, 0.15) is 5.82 Å². The summed E-state index contributed by atoms with van der Waals surface area (Å²) in [5.74, 6) is 0.0358. The quantitative estimate of drug-likeness (QED) is 0.403. The van der Waals surface area contributed by atoms with Crippen molar-refractivity contribution in [1.29, 1.82) is 0 Å². The Hall–Kier alpha value is -2.41. The minimum atomic E-state index is -0.374. The molecule has 7 heteroatoms. The molecule has 1 aromatic carbocycles. The van der Waals surface area contributed by atoms with Gasteiger partial charge >= 0.3 is 0 Å². The smallest absolute Gasteiger partial charge is 0.251 e. The molecule has 2 aromatic rings. The van der Waals surface area contributed by atoms with Crippen LogP contribution in [-0.2, 0) is 6.54 Å². The number of nitrogens with zero attached hydrogens (tertiary/aromatic N) is 1. The van der Waals surface area contributed by atoms with Gasteiger partial charge in [0.2, 0.25) is 0 Å². The highest BCUT2D eigenvalue weighted by atomic mass is 32.1. The van der Waals surface area contributed by atoms with Crippen LogP contribution in [-0.4, -0.2) is 31.5 Å². The van der Waals surface area contributed by atoms with Gasteiger partial charge in [-0.15, -0.1) is 11.3 Å². The van der Waals surface area contributed by atoms with Crippen molar-refractivity contribution < 1.29 is 9.18 Å². The standard InChI is InChI=1S/C18H23FN4OS/c1-3-20-18(23-12-15-5-4-10-25-15)22-9-8-21-17(24)14-7-6-13(2)16(19)11-14/h4-7,10-11H,3,8-9,12H2,1-2H3,(H,21,24)(H2,20,22,23). The molecule has 0 fully saturated rings. The van der Waals surface area contributed by atoms with Crippen molar-refractivity contribution in [3.63, 3.8) is 0 Å². The first-order valence-electron chi connectivity index (χ1n) is 8.19. The fraction of sp³-hybridized carbons (Fsp3) is 0.333. The van der Waals surface area contributed by atoms with Gasteiger partial charge in [0.05, 0.1) is 6.54 Å². The molecule has 25 heavy (non-hydrogen) atoms. The van der Waals surface area contributed by atoms with Gasteiger partial charge in [-0.25, -0.2) is 9.38 Å². The minimum Gasteiger partial charge on any atom is -0.357 e. The number of benzene rings is 1. The fourth-order valence-corrected chi connectivity index (χ4v) is 2.72. The maximum Gasteiger partial charge on any atom is 0.251 e. The van der Waals surface area contributed by atoms with Gasteiger partial charge in [-0.05, 0) is 43.0 Å². The van der Waals surface area contributed by atoms with Crippen molar-refractivity contribution in [2.24, 2.45) is 4.99 Å². The predicted octanol–water partition coefficient (Wildman–Crippen LogP) is 2.68. The lowest BCUT2D eigenvalue weighted by molar-refractivity contribution is 0.0954. The van der Waals surface area contributed by atoms with E-state index in [0.717, 1.165) is 6.54 Å². The number of aliphatic imine (C=N–C) groups is 1. The number of hydrogen-bond acceptors (Lipinski definition) is 3. The van der Waals surface area contributed by atoms with E-state index >= 15 is 0 Å². The number of rotatable bonds is 7. The molecule has 0 aliphatic carbocycles. The maximum absolute atomic E-state index is 13.5. The lowest BCUT2D eigenvalue weighted by Gasteiger charge is -2.12. The molecule has 3 N–H and O–H groups in total. The number of carbonyl (C=O) groups excluding carboxylic acids is 1. The first-order chi connectivity index (χ1) is 12.1. The number of aryl methyl sites for hydroxylation is 1. The van der Waals surface area contributed by atoms with Gasteiger partial charge < -0.3 is 16.0 Å². The van der Waals surface area contributed by atoms with Crippen LogP contribution < -0.4 is 16.0 Å². The summed E-state index contributed by atoms with van der Waals surface area (Å²) in [6.07, 6.45) is 0. The Balaban J connectivity index is 1.78. The summed E-state index contributed by atoms with van der Waals surface area (Å²) < 4.78 is 13.5. The van der Waals surface area contributed by atoms with Crippen LogP contribution in [0, 0.1) is 12.7 Å². The van der Waals surface area contributed by atoms with Gasteiger partial charge in [-0.3, -0.25) is 4.79 Å². The Bertz CT molecular complexity index is 716. The van der Waals surface area contributed by atoms with Crippen molar-refractivity contribution in [3.05, 3.63) is 57.5 Å². The van der Waals surface area contributed by atoms with E-state index in [2.05, 4.69) is 20.9 Å². The number of hydrogen-bond donors (Lipinski definition) is 3. The highest BCUT2D eigenvalue weighted by molar-refractivity contribution is 7.09. The van der Waals surface area contributed by atoms with E-state index in [-0.39, 0.29) is 11.7 Å². The summed E-state index contributed by atoms with van der Waals surface area (Å²) in [6, 6.07) is 8.51. The first kappa shape index (κ1) is 18.9. The average molecular weight is 362 g/mol. The molecule has 2 rings (SSSR count). The van der Waals surface area contributed by atoms with Crippen molar-refractivity contribution in [2.45, 2.75) is 20.4 Å². The van der Waals surface area contributed by atoms with Gasteiger partial charge in [0.25, 0.3) is 5.91 Å². The van der Waals surface area contributed by atoms with Crippen molar-refractivity contribution >= 4 is 23.2 Å². The van der Waals surface area contributed by atoms with E-state index in [1.54, 1.807) is 30.4 Å². The molecule has 1 heterocycles. The molecule has 0 radical (unpaired) electrons. The molecule has 0 atom stereocenters. The van der Waals surface area contributed by atoms with E-state index in [4.69, 9.17) is 0 Å². The number of halogens is 1. The SMILES string of the molecule is CCNC(=NCc1cccs1)NCCNC(=O)c1ccc(C)c(F)c1. The number of carbonyl (C=O) groups is 1. The Morgan fingerprint density at radius 2 is 2.00 bits per heavy atom. The molecule has 0 saturated heterocycles. The molecule has 1 aromatic heterocycles. The van der Waals surface area contributed by atoms with Gasteiger partial charge in [0, 0.05) is 30.1 Å². The molecule has 5 nitrogen and oxygen atoms in total. The number of amides is 1. The lowest BCUT2D eigenvalue weighted by atomic mass is 10.1. The summed E-state index contributed by atoms with van der Waals surface area (Å²) in [5, 5.41) is 11.1. The lowest BCUT2D eigenvalue weighted by Crippen LogP contribution is -2.41. The van der Waals surface area contributed by atoms with Crippen molar-refractivity contribution in [1.82, 2.24) is 16.0 Å². The average Bonchev–Trinajstić information content (AvgIpc) is 3.12. The molecule has 0 unspecified atom stereocenters. The monoisotopic (exact) mass is 362 g/mol. The zero-order chi connectivity index (χ0) is 18.1. The van der Waals surface area contributed by atoms with Crippen LogP contribution in [0.5, 0.6) is 0 Å². The third-order valence-corrected chi connectivity index (χ3v) is 4.32. The number of thiophene rings is 1. The maximum atomic E-state index is 13.5. The third kappa shape index (κ3) is 6.19. The highest BCUT2D eigenvalue weighted by Gasteiger charge is 2.07. The summed E-state index contributed by atoms with van der Waals surface area (Å²) in [6.45, 7) is 5.97. The summed E-state index contributed by atoms with van der Waals surface area (Å²) in [4.78, 5) is 17.7. The molecule has 0 saturated carbocycles. The zero-order valence-electron chi connectivity index (χ0n) is 14.4. The van der Waals surface area contributed by atoms with Crippen LogP contribution in [0.3, 0.4) is 0 Å². The zero-order valence-corrected chi connectivity index (χ0v) is 15.3. The molecular formula is C18H23FN4OS. The fourth-order valence-electron chi connectivity index (χ4n) is 2.09. The minimum absolute atomic E-state index is 0.291. The van der Waals surface area contributed by atoms with Gasteiger partial charge in [0.15, 0.2) is 5.96 Å². The predicted molar refractivity (Wildman–Crippen MR) is 101 cm³/mol.